The molecule has 1 amide bonds. The van der Waals surface area contributed by atoms with Crippen LogP contribution in [-0.4, -0.2) is 34.0 Å². The van der Waals surface area contributed by atoms with Crippen molar-refractivity contribution in [3.05, 3.63) is 65.0 Å². The molecule has 0 radical (unpaired) electrons. The molecule has 1 N–H and O–H groups in total. The number of carbonyl (C=O) groups is 1. The maximum Gasteiger partial charge on any atom is 0.418 e. The van der Waals surface area contributed by atoms with Crippen molar-refractivity contribution in [2.24, 2.45) is 5.92 Å². The van der Waals surface area contributed by atoms with Crippen molar-refractivity contribution < 1.29 is 22.5 Å². The average molecular weight is 465 g/mol. The van der Waals surface area contributed by atoms with Gasteiger partial charge in [0.25, 0.3) is 0 Å². The Morgan fingerprint density at radius 3 is 2.53 bits per heavy atom. The van der Waals surface area contributed by atoms with Crippen molar-refractivity contribution >= 4 is 23.2 Å². The number of halogens is 4. The van der Waals surface area contributed by atoms with Gasteiger partial charge in [-0.15, -0.1) is 0 Å². The van der Waals surface area contributed by atoms with Crippen molar-refractivity contribution in [1.29, 1.82) is 0 Å². The molecule has 1 aliphatic rings. The Labute approximate surface area is 187 Å². The number of anilines is 1. The second-order valence-electron chi connectivity index (χ2n) is 7.57. The minimum atomic E-state index is -4.53. The quantitative estimate of drug-likeness (QED) is 0.557. The topological polar surface area (TPSA) is 71.3 Å². The first-order chi connectivity index (χ1) is 15.3. The van der Waals surface area contributed by atoms with E-state index >= 15 is 0 Å². The molecule has 0 saturated carbocycles. The fourth-order valence-corrected chi connectivity index (χ4v) is 3.91. The number of carbonyl (C=O) groups excluding carboxylic acids is 1. The molecule has 1 fully saturated rings. The molecule has 0 spiro atoms. The lowest BCUT2D eigenvalue weighted by molar-refractivity contribution is -0.137. The summed E-state index contributed by atoms with van der Waals surface area (Å²) in [6.07, 6.45) is -3.49. The van der Waals surface area contributed by atoms with Gasteiger partial charge in [-0.1, -0.05) is 41.0 Å². The van der Waals surface area contributed by atoms with Gasteiger partial charge in [0.05, 0.1) is 22.8 Å². The van der Waals surface area contributed by atoms with Crippen LogP contribution < -0.4 is 5.32 Å². The summed E-state index contributed by atoms with van der Waals surface area (Å²) in [4.78, 5) is 19.0. The Morgan fingerprint density at radius 1 is 1.12 bits per heavy atom. The van der Waals surface area contributed by atoms with Crippen molar-refractivity contribution in [3.8, 4) is 11.4 Å². The van der Waals surface area contributed by atoms with Gasteiger partial charge in [-0.3, -0.25) is 9.69 Å². The van der Waals surface area contributed by atoms with E-state index in [1.54, 1.807) is 12.1 Å². The van der Waals surface area contributed by atoms with Gasteiger partial charge in [0.15, 0.2) is 0 Å². The summed E-state index contributed by atoms with van der Waals surface area (Å²) in [5, 5.41) is 6.95. The molecule has 1 aliphatic heterocycles. The monoisotopic (exact) mass is 464 g/mol. The van der Waals surface area contributed by atoms with Crippen LogP contribution in [0.15, 0.2) is 53.1 Å². The van der Waals surface area contributed by atoms with Crippen LogP contribution in [0.3, 0.4) is 0 Å². The van der Waals surface area contributed by atoms with Crippen LogP contribution in [0.25, 0.3) is 11.4 Å². The van der Waals surface area contributed by atoms with Crippen LogP contribution in [0, 0.1) is 5.92 Å². The number of piperidine rings is 1. The third-order valence-electron chi connectivity index (χ3n) is 5.39. The summed E-state index contributed by atoms with van der Waals surface area (Å²) >= 11 is 6.17. The summed E-state index contributed by atoms with van der Waals surface area (Å²) in [5.74, 6) is 0.0687. The molecule has 0 bridgehead atoms. The standard InChI is InChI=1S/C22H20ClF3N4O2/c23-17-7-3-1-5-15(17)20-28-19(32-29-20)13-30-11-9-14(10-12-30)21(31)27-18-8-4-2-6-16(18)22(24,25)26/h1-8,14H,9-13H2,(H,27,31). The number of aromatic nitrogens is 2. The highest BCUT2D eigenvalue weighted by Gasteiger charge is 2.34. The van der Waals surface area contributed by atoms with Gasteiger partial charge in [0, 0.05) is 11.5 Å². The number of hydrogen-bond acceptors (Lipinski definition) is 5. The number of nitrogens with one attached hydrogen (secondary N) is 1. The number of nitrogens with zero attached hydrogens (tertiary/aromatic N) is 3. The summed E-state index contributed by atoms with van der Waals surface area (Å²) in [5.41, 5.74) is -0.388. The van der Waals surface area contributed by atoms with Gasteiger partial charge in [-0.2, -0.15) is 18.2 Å². The number of likely N-dealkylation sites (tertiary alicyclic amines) is 1. The smallest absolute Gasteiger partial charge is 0.338 e. The first-order valence-electron chi connectivity index (χ1n) is 10.1. The lowest BCUT2D eigenvalue weighted by Crippen LogP contribution is -2.38. The fourth-order valence-electron chi connectivity index (χ4n) is 3.69. The summed E-state index contributed by atoms with van der Waals surface area (Å²) in [6, 6.07) is 12.2. The Balaban J connectivity index is 1.32. The van der Waals surface area contributed by atoms with Gasteiger partial charge >= 0.3 is 6.18 Å². The van der Waals surface area contributed by atoms with E-state index in [4.69, 9.17) is 16.1 Å². The number of alkyl halides is 3. The van der Waals surface area contributed by atoms with E-state index in [2.05, 4.69) is 20.4 Å². The molecule has 3 aromatic rings. The normalized spacial score (nSPS) is 15.6. The number of para-hydroxylation sites is 1. The second kappa shape index (κ2) is 9.30. The number of benzene rings is 2. The first kappa shape index (κ1) is 22.3. The average Bonchev–Trinajstić information content (AvgIpc) is 3.22. The third-order valence-corrected chi connectivity index (χ3v) is 5.72. The molecular formula is C22H20ClF3N4O2. The zero-order valence-corrected chi connectivity index (χ0v) is 17.7. The maximum absolute atomic E-state index is 13.1. The molecular weight excluding hydrogens is 445 g/mol. The van der Waals surface area contributed by atoms with E-state index in [1.165, 1.54) is 18.2 Å². The molecule has 32 heavy (non-hydrogen) atoms. The van der Waals surface area contributed by atoms with E-state index in [9.17, 15) is 18.0 Å². The molecule has 0 unspecified atom stereocenters. The predicted octanol–water partition coefficient (Wildman–Crippen LogP) is 5.26. The molecule has 6 nitrogen and oxygen atoms in total. The van der Waals surface area contributed by atoms with Crippen molar-refractivity contribution in [2.45, 2.75) is 25.6 Å². The Hall–Kier alpha value is -2.91. The van der Waals surface area contributed by atoms with Crippen LogP contribution in [0.4, 0.5) is 18.9 Å². The number of hydrogen-bond donors (Lipinski definition) is 1. The zero-order chi connectivity index (χ0) is 22.7. The van der Waals surface area contributed by atoms with Gasteiger partial charge in [0.1, 0.15) is 0 Å². The highest BCUT2D eigenvalue weighted by atomic mass is 35.5. The van der Waals surface area contributed by atoms with Crippen molar-refractivity contribution in [1.82, 2.24) is 15.0 Å². The summed E-state index contributed by atoms with van der Waals surface area (Å²) < 4.78 is 44.8. The van der Waals surface area contributed by atoms with Gasteiger partial charge in [-0.25, -0.2) is 0 Å². The Bertz CT molecular complexity index is 1090. The van der Waals surface area contributed by atoms with Gasteiger partial charge in [0.2, 0.25) is 17.6 Å². The molecule has 1 saturated heterocycles. The molecule has 0 aliphatic carbocycles. The Kier molecular flexibility index (Phi) is 6.48. The third kappa shape index (κ3) is 5.11. The van der Waals surface area contributed by atoms with Crippen LogP contribution in [0.2, 0.25) is 5.02 Å². The Morgan fingerprint density at radius 2 is 1.81 bits per heavy atom. The summed E-state index contributed by atoms with van der Waals surface area (Å²) in [7, 11) is 0. The molecule has 2 heterocycles. The number of rotatable bonds is 5. The lowest BCUT2D eigenvalue weighted by atomic mass is 9.95. The van der Waals surface area contributed by atoms with E-state index in [0.29, 0.717) is 54.8 Å². The van der Waals surface area contributed by atoms with Crippen LogP contribution in [0.5, 0.6) is 0 Å². The van der Waals surface area contributed by atoms with E-state index in [-0.39, 0.29) is 11.6 Å². The first-order valence-corrected chi connectivity index (χ1v) is 10.5. The van der Waals surface area contributed by atoms with Gasteiger partial charge < -0.3 is 9.84 Å². The molecule has 168 valence electrons. The van der Waals surface area contributed by atoms with Crippen molar-refractivity contribution in [3.63, 3.8) is 0 Å². The largest absolute Gasteiger partial charge is 0.418 e. The van der Waals surface area contributed by atoms with E-state index < -0.39 is 17.6 Å². The molecule has 1 aromatic heterocycles. The van der Waals surface area contributed by atoms with Gasteiger partial charge in [-0.05, 0) is 50.2 Å². The highest BCUT2D eigenvalue weighted by Crippen LogP contribution is 2.35. The zero-order valence-electron chi connectivity index (χ0n) is 16.9. The second-order valence-corrected chi connectivity index (χ2v) is 7.98. The lowest BCUT2D eigenvalue weighted by Gasteiger charge is -2.30. The van der Waals surface area contributed by atoms with Crippen molar-refractivity contribution in [2.75, 3.05) is 18.4 Å². The predicted molar refractivity (Wildman–Crippen MR) is 113 cm³/mol. The molecule has 10 heteroatoms. The number of amides is 1. The summed E-state index contributed by atoms with van der Waals surface area (Å²) in [6.45, 7) is 1.59. The van der Waals surface area contributed by atoms with Crippen LogP contribution in [0.1, 0.15) is 24.3 Å². The van der Waals surface area contributed by atoms with Crippen LogP contribution >= 0.6 is 11.6 Å². The van der Waals surface area contributed by atoms with E-state index in [1.807, 2.05) is 12.1 Å². The minimum absolute atomic E-state index is 0.217. The fraction of sp³-hybridized carbons (Fsp3) is 0.318. The highest BCUT2D eigenvalue weighted by molar-refractivity contribution is 6.33. The maximum atomic E-state index is 13.1. The van der Waals surface area contributed by atoms with Crippen LogP contribution in [-0.2, 0) is 17.5 Å². The minimum Gasteiger partial charge on any atom is -0.338 e. The molecule has 4 rings (SSSR count). The molecule has 2 aromatic carbocycles. The van der Waals surface area contributed by atoms with E-state index in [0.717, 1.165) is 6.07 Å². The SMILES string of the molecule is O=C(Nc1ccccc1C(F)(F)F)C1CCN(Cc2nc(-c3ccccc3Cl)no2)CC1. The molecule has 0 atom stereocenters.